The van der Waals surface area contributed by atoms with Gasteiger partial charge in [-0.05, 0) is 31.4 Å². The van der Waals surface area contributed by atoms with E-state index in [9.17, 15) is 14.0 Å². The Morgan fingerprint density at radius 1 is 1.32 bits per heavy atom. The summed E-state index contributed by atoms with van der Waals surface area (Å²) < 4.78 is 15.1. The molecule has 0 aromatic carbocycles. The highest BCUT2D eigenvalue weighted by atomic mass is 19.1. The zero-order valence-corrected chi connectivity index (χ0v) is 15.8. The van der Waals surface area contributed by atoms with Gasteiger partial charge in [0.25, 0.3) is 0 Å². The lowest BCUT2D eigenvalue weighted by Crippen LogP contribution is -2.47. The Kier molecular flexibility index (Phi) is 5.11. The van der Waals surface area contributed by atoms with Crippen LogP contribution in [0.15, 0.2) is 30.7 Å². The maximum atomic E-state index is 13.1. The molecule has 148 valence electrons. The van der Waals surface area contributed by atoms with Crippen molar-refractivity contribution in [3.8, 4) is 0 Å². The van der Waals surface area contributed by atoms with Crippen molar-refractivity contribution in [2.45, 2.75) is 51.5 Å². The maximum absolute atomic E-state index is 13.1. The smallest absolute Gasteiger partial charge is 0.226 e. The van der Waals surface area contributed by atoms with Crippen LogP contribution in [0.2, 0.25) is 0 Å². The summed E-state index contributed by atoms with van der Waals surface area (Å²) in [5, 5.41) is 2.87. The number of imidazole rings is 1. The van der Waals surface area contributed by atoms with Crippen molar-refractivity contribution in [1.29, 1.82) is 0 Å². The molecule has 2 amide bonds. The number of amides is 2. The van der Waals surface area contributed by atoms with Crippen molar-refractivity contribution in [3.05, 3.63) is 47.8 Å². The summed E-state index contributed by atoms with van der Waals surface area (Å²) in [6.07, 6.45) is 5.31. The Morgan fingerprint density at radius 2 is 2.14 bits per heavy atom. The fourth-order valence-corrected chi connectivity index (χ4v) is 3.85. The van der Waals surface area contributed by atoms with Crippen LogP contribution >= 0.6 is 0 Å². The molecule has 2 aromatic heterocycles. The number of carbonyl (C=O) groups excluding carboxylic acids is 2. The summed E-state index contributed by atoms with van der Waals surface area (Å²) in [4.78, 5) is 35.3. The Hall–Kier alpha value is -2.77. The molecule has 0 radical (unpaired) electrons. The summed E-state index contributed by atoms with van der Waals surface area (Å²) in [6, 6.07) is 3.56. The monoisotopic (exact) mass is 385 g/mol. The minimum Gasteiger partial charge on any atom is -0.352 e. The second kappa shape index (κ2) is 7.69. The Labute approximate surface area is 163 Å². The molecule has 4 rings (SSSR count). The van der Waals surface area contributed by atoms with Gasteiger partial charge in [-0.2, -0.15) is 0 Å². The van der Waals surface area contributed by atoms with E-state index in [0.29, 0.717) is 38.2 Å². The minimum absolute atomic E-state index is 0.0198. The molecule has 3 heterocycles. The van der Waals surface area contributed by atoms with E-state index in [1.165, 1.54) is 0 Å². The first kappa shape index (κ1) is 18.6. The normalized spacial score (nSPS) is 23.6. The van der Waals surface area contributed by atoms with E-state index in [-0.39, 0.29) is 30.2 Å². The molecule has 2 aliphatic rings. The number of aromatic nitrogens is 3. The lowest BCUT2D eigenvalue weighted by atomic mass is 9.82. The molecule has 0 bridgehead atoms. The second-order valence-corrected chi connectivity index (χ2v) is 7.57. The predicted octanol–water partition coefficient (Wildman–Crippen LogP) is 1.79. The van der Waals surface area contributed by atoms with Crippen molar-refractivity contribution in [1.82, 2.24) is 24.8 Å². The summed E-state index contributed by atoms with van der Waals surface area (Å²) in [6.45, 7) is 3.59. The molecule has 0 spiro atoms. The molecule has 1 atom stereocenters. The summed E-state index contributed by atoms with van der Waals surface area (Å²) >= 11 is 0. The molecule has 7 nitrogen and oxygen atoms in total. The van der Waals surface area contributed by atoms with Crippen LogP contribution in [-0.4, -0.2) is 44.0 Å². The topological polar surface area (TPSA) is 80.1 Å². The quantitative estimate of drug-likeness (QED) is 0.851. The first-order chi connectivity index (χ1) is 13.5. The van der Waals surface area contributed by atoms with Crippen molar-refractivity contribution < 1.29 is 14.0 Å². The van der Waals surface area contributed by atoms with Crippen LogP contribution in [0, 0.1) is 5.92 Å². The number of hydrogen-bond acceptors (Lipinski definition) is 4. The van der Waals surface area contributed by atoms with Gasteiger partial charge in [0.2, 0.25) is 11.8 Å². The van der Waals surface area contributed by atoms with Gasteiger partial charge in [-0.1, -0.05) is 6.07 Å². The molecule has 1 saturated carbocycles. The Bertz CT molecular complexity index is 863. The third-order valence-electron chi connectivity index (χ3n) is 5.55. The fourth-order valence-electron chi connectivity index (χ4n) is 3.85. The van der Waals surface area contributed by atoms with Crippen LogP contribution in [0.4, 0.5) is 4.39 Å². The molecular weight excluding hydrogens is 361 g/mol. The molecular formula is C20H24FN5O2. The Balaban J connectivity index is 1.36. The molecule has 0 saturated heterocycles. The number of hydrogen-bond donors (Lipinski definition) is 1. The van der Waals surface area contributed by atoms with Crippen molar-refractivity contribution in [2.24, 2.45) is 5.92 Å². The van der Waals surface area contributed by atoms with E-state index in [2.05, 4.69) is 15.3 Å². The van der Waals surface area contributed by atoms with Crippen LogP contribution in [0.25, 0.3) is 0 Å². The van der Waals surface area contributed by atoms with Gasteiger partial charge < -0.3 is 14.8 Å². The molecule has 28 heavy (non-hydrogen) atoms. The second-order valence-electron chi connectivity index (χ2n) is 7.57. The summed E-state index contributed by atoms with van der Waals surface area (Å²) in [5.74, 6) is 0.497. The summed E-state index contributed by atoms with van der Waals surface area (Å²) in [7, 11) is 0. The predicted molar refractivity (Wildman–Crippen MR) is 99.8 cm³/mol. The van der Waals surface area contributed by atoms with Crippen LogP contribution in [0.3, 0.4) is 0 Å². The number of rotatable bonds is 5. The van der Waals surface area contributed by atoms with Crippen molar-refractivity contribution in [2.75, 3.05) is 6.54 Å². The van der Waals surface area contributed by atoms with E-state index in [4.69, 9.17) is 0 Å². The standard InChI is InChI=1S/C20H24FN5O2/c1-13-19-24-17(9-18(27)23-11-14-3-2-4-22-10-14)12-25(19)5-6-26(13)20(28)15-7-16(21)8-15/h2-4,10,12-13,15-16H,5-9,11H2,1H3,(H,23,27). The van der Waals surface area contributed by atoms with Crippen molar-refractivity contribution in [3.63, 3.8) is 0 Å². The van der Waals surface area contributed by atoms with Gasteiger partial charge in [-0.15, -0.1) is 0 Å². The molecule has 8 heteroatoms. The Morgan fingerprint density at radius 3 is 2.86 bits per heavy atom. The van der Waals surface area contributed by atoms with Crippen LogP contribution < -0.4 is 5.32 Å². The first-order valence-electron chi connectivity index (χ1n) is 9.67. The van der Waals surface area contributed by atoms with Gasteiger partial charge in [-0.25, -0.2) is 9.37 Å². The van der Waals surface area contributed by atoms with Crippen molar-refractivity contribution >= 4 is 11.8 Å². The molecule has 1 fully saturated rings. The number of nitrogens with zero attached hydrogens (tertiary/aromatic N) is 4. The molecule has 1 unspecified atom stereocenters. The van der Waals surface area contributed by atoms with Gasteiger partial charge in [0.1, 0.15) is 12.0 Å². The lowest BCUT2D eigenvalue weighted by Gasteiger charge is -2.39. The molecule has 1 N–H and O–H groups in total. The highest BCUT2D eigenvalue weighted by molar-refractivity contribution is 5.80. The lowest BCUT2D eigenvalue weighted by molar-refractivity contribution is -0.144. The van der Waals surface area contributed by atoms with E-state index in [0.717, 1.165) is 11.4 Å². The highest BCUT2D eigenvalue weighted by Crippen LogP contribution is 2.35. The average Bonchev–Trinajstić information content (AvgIpc) is 3.08. The third kappa shape index (κ3) is 3.76. The van der Waals surface area contributed by atoms with E-state index in [1.807, 2.05) is 29.8 Å². The van der Waals surface area contributed by atoms with Crippen LogP contribution in [0.1, 0.15) is 42.9 Å². The third-order valence-corrected chi connectivity index (χ3v) is 5.55. The number of pyridine rings is 1. The highest BCUT2D eigenvalue weighted by Gasteiger charge is 2.40. The van der Waals surface area contributed by atoms with E-state index >= 15 is 0 Å². The number of nitrogens with one attached hydrogen (secondary N) is 1. The number of carbonyl (C=O) groups is 2. The maximum Gasteiger partial charge on any atom is 0.226 e. The van der Waals surface area contributed by atoms with Crippen LogP contribution in [-0.2, 0) is 29.1 Å². The van der Waals surface area contributed by atoms with Gasteiger partial charge in [0.15, 0.2) is 0 Å². The fraction of sp³-hybridized carbons (Fsp3) is 0.500. The first-order valence-corrected chi connectivity index (χ1v) is 9.67. The largest absolute Gasteiger partial charge is 0.352 e. The van der Waals surface area contributed by atoms with E-state index < -0.39 is 6.17 Å². The zero-order valence-electron chi connectivity index (χ0n) is 15.8. The number of fused-ring (bicyclic) bond motifs is 1. The molecule has 2 aromatic rings. The molecule has 1 aliphatic carbocycles. The zero-order chi connectivity index (χ0) is 19.7. The average molecular weight is 385 g/mol. The van der Waals surface area contributed by atoms with Gasteiger partial charge >= 0.3 is 0 Å². The molecule has 1 aliphatic heterocycles. The minimum atomic E-state index is -0.840. The SMILES string of the molecule is CC1c2nc(CC(=O)NCc3cccnc3)cn2CCN1C(=O)C1CC(F)C1. The van der Waals surface area contributed by atoms with E-state index in [1.54, 1.807) is 17.3 Å². The number of alkyl halides is 1. The van der Waals surface area contributed by atoms with Gasteiger partial charge in [-0.3, -0.25) is 14.6 Å². The van der Waals surface area contributed by atoms with Crippen LogP contribution in [0.5, 0.6) is 0 Å². The van der Waals surface area contributed by atoms with Gasteiger partial charge in [0.05, 0.1) is 18.2 Å². The summed E-state index contributed by atoms with van der Waals surface area (Å²) in [5.41, 5.74) is 1.63. The van der Waals surface area contributed by atoms with Gasteiger partial charge in [0, 0.05) is 44.1 Å². The number of halogens is 1.